The zero-order valence-corrected chi connectivity index (χ0v) is 19.6. The number of hydrogen-bond donors (Lipinski definition) is 3. The Bertz CT molecular complexity index is 1650. The molecule has 13 heteroatoms. The largest absolute Gasteiger partial charge is 0.492 e. The molecule has 0 saturated carbocycles. The molecule has 180 valence electrons. The first-order chi connectivity index (χ1) is 16.4. The lowest BCUT2D eigenvalue weighted by Gasteiger charge is -2.04. The van der Waals surface area contributed by atoms with Crippen LogP contribution in [0.3, 0.4) is 0 Å². The molecule has 0 fully saturated rings. The normalized spacial score (nSPS) is 12.3. The van der Waals surface area contributed by atoms with Crippen LogP contribution < -0.4 is 0 Å². The zero-order valence-electron chi connectivity index (χ0n) is 18.0. The lowest BCUT2D eigenvalue weighted by Crippen LogP contribution is -2.00. The van der Waals surface area contributed by atoms with E-state index in [9.17, 15) is 31.0 Å². The molecule has 1 aromatic heterocycles. The van der Waals surface area contributed by atoms with E-state index in [2.05, 4.69) is 15.3 Å². The molecule has 0 amide bonds. The summed E-state index contributed by atoms with van der Waals surface area (Å²) in [7, 11) is -9.00. The van der Waals surface area contributed by atoms with Gasteiger partial charge in [-0.2, -0.15) is 26.6 Å². The van der Waals surface area contributed by atoms with E-state index in [1.165, 1.54) is 24.3 Å². The van der Waals surface area contributed by atoms with Crippen LogP contribution in [0.1, 0.15) is 5.56 Å². The predicted molar refractivity (Wildman–Crippen MR) is 126 cm³/mol. The molecule has 11 nitrogen and oxygen atoms in total. The van der Waals surface area contributed by atoms with Gasteiger partial charge in [0.15, 0.2) is 5.69 Å². The Hall–Kier alpha value is -3.91. The van der Waals surface area contributed by atoms with E-state index in [1.54, 1.807) is 43.3 Å². The number of aromatic hydroxyl groups is 1. The summed E-state index contributed by atoms with van der Waals surface area (Å²) in [6.07, 6.45) is 0. The summed E-state index contributed by atoms with van der Waals surface area (Å²) >= 11 is 0. The number of aromatic nitrogens is 2. The number of rotatable bonds is 6. The van der Waals surface area contributed by atoms with Crippen molar-refractivity contribution in [3.63, 3.8) is 0 Å². The van der Waals surface area contributed by atoms with Gasteiger partial charge < -0.3 is 5.11 Å². The van der Waals surface area contributed by atoms with Crippen LogP contribution in [0.4, 0.5) is 11.4 Å². The fourth-order valence-corrected chi connectivity index (χ4v) is 4.43. The van der Waals surface area contributed by atoms with E-state index in [4.69, 9.17) is 0 Å². The molecule has 0 saturated heterocycles. The first-order valence-corrected chi connectivity index (χ1v) is 12.8. The first kappa shape index (κ1) is 24.2. The monoisotopic (exact) mass is 514 g/mol. The van der Waals surface area contributed by atoms with Gasteiger partial charge in [-0.1, -0.05) is 36.4 Å². The molecular formula is C22H18N4O7S2. The second kappa shape index (κ2) is 9.03. The third-order valence-corrected chi connectivity index (χ3v) is 6.66. The average Bonchev–Trinajstić information content (AvgIpc) is 3.14. The third kappa shape index (κ3) is 5.12. The maximum atomic E-state index is 11.8. The summed E-state index contributed by atoms with van der Waals surface area (Å²) in [5, 5.41) is 23.3. The smallest absolute Gasteiger partial charge is 0.296 e. The molecular weight excluding hydrogens is 496 g/mol. The van der Waals surface area contributed by atoms with E-state index in [1.807, 2.05) is 0 Å². The van der Waals surface area contributed by atoms with Crippen LogP contribution in [0.5, 0.6) is 5.88 Å². The Morgan fingerprint density at radius 2 is 1.49 bits per heavy atom. The van der Waals surface area contributed by atoms with Crippen molar-refractivity contribution in [1.82, 2.24) is 9.78 Å². The molecule has 0 radical (unpaired) electrons. The maximum Gasteiger partial charge on any atom is 0.296 e. The minimum absolute atomic E-state index is 0.100. The molecule has 0 bridgehead atoms. The minimum Gasteiger partial charge on any atom is -0.492 e. The first-order valence-electron chi connectivity index (χ1n) is 9.90. The topological polar surface area (TPSA) is 172 Å². The Morgan fingerprint density at radius 3 is 2.09 bits per heavy atom. The van der Waals surface area contributed by atoms with Crippen LogP contribution in [-0.2, 0) is 20.2 Å². The summed E-state index contributed by atoms with van der Waals surface area (Å²) in [5.41, 5.74) is 1.34. The molecule has 0 spiro atoms. The van der Waals surface area contributed by atoms with Crippen molar-refractivity contribution in [1.29, 1.82) is 0 Å². The lowest BCUT2D eigenvalue weighted by atomic mass is 10.1. The molecule has 0 atom stereocenters. The van der Waals surface area contributed by atoms with Crippen molar-refractivity contribution in [2.75, 3.05) is 0 Å². The molecule has 3 aromatic carbocycles. The van der Waals surface area contributed by atoms with Crippen molar-refractivity contribution in [3.8, 4) is 22.8 Å². The lowest BCUT2D eigenvalue weighted by molar-refractivity contribution is 0.434. The van der Waals surface area contributed by atoms with Crippen molar-refractivity contribution < 1.29 is 31.0 Å². The second-order valence-electron chi connectivity index (χ2n) is 7.41. The van der Waals surface area contributed by atoms with Gasteiger partial charge in [0.25, 0.3) is 20.2 Å². The van der Waals surface area contributed by atoms with Crippen LogP contribution in [-0.4, -0.2) is 40.8 Å². The van der Waals surface area contributed by atoms with E-state index >= 15 is 0 Å². The zero-order chi connectivity index (χ0) is 25.4. The maximum absolute atomic E-state index is 11.8. The summed E-state index contributed by atoms with van der Waals surface area (Å²) in [4.78, 5) is -0.789. The van der Waals surface area contributed by atoms with Gasteiger partial charge in [-0.15, -0.1) is 10.2 Å². The number of aryl methyl sites for hydroxylation is 1. The highest BCUT2D eigenvalue weighted by atomic mass is 32.2. The Labute approximate surface area is 200 Å². The van der Waals surface area contributed by atoms with Gasteiger partial charge in [-0.25, -0.2) is 0 Å². The second-order valence-corrected chi connectivity index (χ2v) is 10.2. The summed E-state index contributed by atoms with van der Waals surface area (Å²) in [6.45, 7) is 1.65. The molecule has 0 unspecified atom stereocenters. The standard InChI is InChI=1S/C22H18N4O7S2/c1-14-7-12-18(19(13-14)35(31,32)33)23-24-21-20(15-5-3-2-4-6-15)25-26(22(21)27)16-8-10-17(11-9-16)34(28,29)30/h2-13,27H,1H3,(H,28,29,30)(H,31,32,33). The molecule has 35 heavy (non-hydrogen) atoms. The number of azo groups is 1. The summed E-state index contributed by atoms with van der Waals surface area (Å²) in [6, 6.07) is 17.8. The van der Waals surface area contributed by atoms with Gasteiger partial charge in [0.05, 0.1) is 10.6 Å². The van der Waals surface area contributed by atoms with E-state index < -0.39 is 31.0 Å². The van der Waals surface area contributed by atoms with Gasteiger partial charge in [0.1, 0.15) is 16.3 Å². The fourth-order valence-electron chi connectivity index (χ4n) is 3.24. The van der Waals surface area contributed by atoms with Crippen molar-refractivity contribution in [3.05, 3.63) is 78.4 Å². The van der Waals surface area contributed by atoms with Crippen LogP contribution in [0.15, 0.2) is 92.8 Å². The Balaban J connectivity index is 1.87. The highest BCUT2D eigenvalue weighted by molar-refractivity contribution is 7.86. The van der Waals surface area contributed by atoms with Gasteiger partial charge in [-0.3, -0.25) is 9.11 Å². The quantitative estimate of drug-likeness (QED) is 0.250. The number of benzene rings is 3. The number of hydrogen-bond acceptors (Lipinski definition) is 8. The van der Waals surface area contributed by atoms with Crippen molar-refractivity contribution in [2.45, 2.75) is 16.7 Å². The molecule has 0 aliphatic heterocycles. The SMILES string of the molecule is Cc1ccc(N=Nc2c(-c3ccccc3)nn(-c3ccc(S(=O)(=O)O)cc3)c2O)c(S(=O)(=O)O)c1. The van der Waals surface area contributed by atoms with E-state index in [0.717, 1.165) is 16.8 Å². The number of nitrogens with zero attached hydrogens (tertiary/aromatic N) is 4. The van der Waals surface area contributed by atoms with Crippen molar-refractivity contribution >= 4 is 31.6 Å². The third-order valence-electron chi connectivity index (χ3n) is 4.91. The summed E-state index contributed by atoms with van der Waals surface area (Å²) < 4.78 is 66.1. The molecule has 0 aliphatic rings. The Kier molecular flexibility index (Phi) is 6.25. The summed E-state index contributed by atoms with van der Waals surface area (Å²) in [5.74, 6) is -0.465. The van der Waals surface area contributed by atoms with E-state index in [0.29, 0.717) is 11.1 Å². The predicted octanol–water partition coefficient (Wildman–Crippen LogP) is 4.46. The minimum atomic E-state index is -4.59. The Morgan fingerprint density at radius 1 is 0.829 bits per heavy atom. The van der Waals surface area contributed by atoms with Crippen LogP contribution >= 0.6 is 0 Å². The van der Waals surface area contributed by atoms with E-state index in [-0.39, 0.29) is 27.7 Å². The average molecular weight is 515 g/mol. The van der Waals surface area contributed by atoms with Crippen molar-refractivity contribution in [2.24, 2.45) is 10.2 Å². The van der Waals surface area contributed by atoms with Gasteiger partial charge in [0, 0.05) is 5.56 Å². The molecule has 1 heterocycles. The highest BCUT2D eigenvalue weighted by Gasteiger charge is 2.22. The van der Waals surface area contributed by atoms with Crippen LogP contribution in [0.25, 0.3) is 16.9 Å². The van der Waals surface area contributed by atoms with Gasteiger partial charge in [-0.05, 0) is 48.9 Å². The molecule has 3 N–H and O–H groups in total. The van der Waals surface area contributed by atoms with Crippen LogP contribution in [0, 0.1) is 6.92 Å². The van der Waals surface area contributed by atoms with Gasteiger partial charge >= 0.3 is 0 Å². The van der Waals surface area contributed by atoms with Gasteiger partial charge in [0.2, 0.25) is 5.88 Å². The molecule has 4 aromatic rings. The van der Waals surface area contributed by atoms with Crippen LogP contribution in [0.2, 0.25) is 0 Å². The molecule has 4 rings (SSSR count). The fraction of sp³-hybridized carbons (Fsp3) is 0.0455. The highest BCUT2D eigenvalue weighted by Crippen LogP contribution is 2.40. The molecule has 0 aliphatic carbocycles.